The second-order valence-electron chi connectivity index (χ2n) is 9.85. The first kappa shape index (κ1) is 26.1. The highest BCUT2D eigenvalue weighted by atomic mass is 35.5. The van der Waals surface area contributed by atoms with Crippen molar-refractivity contribution >= 4 is 29.4 Å². The molecular formula is C28H30ClN5O4. The number of amides is 2. The highest BCUT2D eigenvalue weighted by Gasteiger charge is 2.44. The first-order valence-corrected chi connectivity index (χ1v) is 13.0. The fourth-order valence-electron chi connectivity index (χ4n) is 5.08. The van der Waals surface area contributed by atoms with Gasteiger partial charge in [0.15, 0.2) is 6.23 Å². The quantitative estimate of drug-likeness (QED) is 0.422. The van der Waals surface area contributed by atoms with Crippen LogP contribution in [-0.4, -0.2) is 57.3 Å². The molecule has 2 amide bonds. The van der Waals surface area contributed by atoms with Crippen LogP contribution in [0.4, 0.5) is 5.95 Å². The number of aromatic nitrogens is 2. The van der Waals surface area contributed by atoms with Crippen molar-refractivity contribution in [2.45, 2.75) is 51.0 Å². The summed E-state index contributed by atoms with van der Waals surface area (Å²) in [6.07, 6.45) is 1.98. The van der Waals surface area contributed by atoms with Gasteiger partial charge in [0, 0.05) is 43.9 Å². The molecule has 1 fully saturated rings. The maximum Gasteiger partial charge on any atom is 0.256 e. The average Bonchev–Trinajstić information content (AvgIpc) is 3.25. The van der Waals surface area contributed by atoms with E-state index in [-0.39, 0.29) is 24.4 Å². The third-order valence-corrected chi connectivity index (χ3v) is 7.41. The fourth-order valence-corrected chi connectivity index (χ4v) is 5.28. The van der Waals surface area contributed by atoms with E-state index in [1.807, 2.05) is 42.5 Å². The SMILES string of the molecule is CC(=O)N[C@@](C)(c1ccccc1)C(O)N1Cc2ccc(-c3nc(NC4CCOCC4)ncc3Cl)cc2C1=O. The third-order valence-electron chi connectivity index (χ3n) is 7.13. The van der Waals surface area contributed by atoms with Crippen LogP contribution in [0.15, 0.2) is 54.7 Å². The number of anilines is 1. The molecule has 0 aliphatic carbocycles. The second kappa shape index (κ2) is 10.7. The van der Waals surface area contributed by atoms with Gasteiger partial charge in [0.1, 0.15) is 5.54 Å². The van der Waals surface area contributed by atoms with Gasteiger partial charge in [-0.25, -0.2) is 9.97 Å². The van der Waals surface area contributed by atoms with Crippen LogP contribution in [0.3, 0.4) is 0 Å². The lowest BCUT2D eigenvalue weighted by atomic mass is 9.89. The number of halogens is 1. The molecule has 3 N–H and O–H groups in total. The molecule has 9 nitrogen and oxygen atoms in total. The van der Waals surface area contributed by atoms with Crippen molar-refractivity contribution in [1.29, 1.82) is 0 Å². The number of carbonyl (C=O) groups is 2. The molecule has 1 unspecified atom stereocenters. The zero-order valence-corrected chi connectivity index (χ0v) is 22.0. The van der Waals surface area contributed by atoms with Crippen molar-refractivity contribution in [3.8, 4) is 11.3 Å². The van der Waals surface area contributed by atoms with E-state index in [4.69, 9.17) is 16.3 Å². The first-order valence-electron chi connectivity index (χ1n) is 12.6. The molecule has 2 aromatic carbocycles. The second-order valence-corrected chi connectivity index (χ2v) is 10.3. The Labute approximate surface area is 226 Å². The zero-order chi connectivity index (χ0) is 26.9. The third kappa shape index (κ3) is 5.09. The molecule has 2 aliphatic heterocycles. The Morgan fingerprint density at radius 2 is 1.95 bits per heavy atom. The number of aliphatic hydroxyl groups is 1. The van der Waals surface area contributed by atoms with Crippen molar-refractivity contribution < 1.29 is 19.4 Å². The van der Waals surface area contributed by atoms with Gasteiger partial charge < -0.3 is 25.4 Å². The van der Waals surface area contributed by atoms with Crippen LogP contribution in [0, 0.1) is 0 Å². The fraction of sp³-hybridized carbons (Fsp3) is 0.357. The van der Waals surface area contributed by atoms with Crippen LogP contribution in [0.1, 0.15) is 48.2 Å². The molecule has 2 atom stereocenters. The zero-order valence-electron chi connectivity index (χ0n) is 21.3. The normalized spacial score (nSPS) is 18.0. The molecule has 2 aliphatic rings. The number of nitrogens with one attached hydrogen (secondary N) is 2. The minimum Gasteiger partial charge on any atom is -0.381 e. The number of rotatable bonds is 7. The molecule has 0 bridgehead atoms. The predicted octanol–water partition coefficient (Wildman–Crippen LogP) is 3.71. The average molecular weight is 536 g/mol. The minimum absolute atomic E-state index is 0.200. The Morgan fingerprint density at radius 3 is 2.66 bits per heavy atom. The van der Waals surface area contributed by atoms with Crippen LogP contribution in [0.25, 0.3) is 11.3 Å². The lowest BCUT2D eigenvalue weighted by molar-refractivity contribution is -0.125. The smallest absolute Gasteiger partial charge is 0.256 e. The standard InChI is InChI=1S/C28H30ClN5O4/c1-17(35)33-28(2,20-6-4-3-5-7-20)26(37)34-16-19-9-8-18(14-22(19)25(34)36)24-23(29)15-30-27(32-24)31-21-10-12-38-13-11-21/h3-9,14-15,21,26,37H,10-13,16H2,1-2H3,(H,33,35)(H,30,31,32)/t26?,28-/m0/s1. The number of ether oxygens (including phenoxy) is 1. The largest absolute Gasteiger partial charge is 0.381 e. The van der Waals surface area contributed by atoms with Gasteiger partial charge in [-0.2, -0.15) is 0 Å². The first-order chi connectivity index (χ1) is 18.3. The number of fused-ring (bicyclic) bond motifs is 1. The summed E-state index contributed by atoms with van der Waals surface area (Å²) in [6, 6.07) is 14.8. The molecule has 3 aromatic rings. The van der Waals surface area contributed by atoms with Gasteiger partial charge in [0.05, 0.1) is 16.9 Å². The van der Waals surface area contributed by atoms with E-state index in [1.165, 1.54) is 11.8 Å². The molecule has 38 heavy (non-hydrogen) atoms. The van der Waals surface area contributed by atoms with E-state index in [2.05, 4.69) is 20.6 Å². The lowest BCUT2D eigenvalue weighted by Gasteiger charge is -2.40. The Kier molecular flexibility index (Phi) is 7.34. The molecule has 0 radical (unpaired) electrons. The lowest BCUT2D eigenvalue weighted by Crippen LogP contribution is -2.58. The van der Waals surface area contributed by atoms with E-state index in [0.717, 1.165) is 18.4 Å². The predicted molar refractivity (Wildman–Crippen MR) is 143 cm³/mol. The minimum atomic E-state index is -1.31. The van der Waals surface area contributed by atoms with E-state index >= 15 is 0 Å². The van der Waals surface area contributed by atoms with Gasteiger partial charge in [-0.3, -0.25) is 9.59 Å². The number of hydrogen-bond donors (Lipinski definition) is 3. The molecule has 0 saturated carbocycles. The summed E-state index contributed by atoms with van der Waals surface area (Å²) in [4.78, 5) is 36.0. The highest BCUT2D eigenvalue weighted by Crippen LogP contribution is 2.35. The molecule has 10 heteroatoms. The highest BCUT2D eigenvalue weighted by molar-refractivity contribution is 6.33. The molecular weight excluding hydrogens is 506 g/mol. The molecule has 1 aromatic heterocycles. The summed E-state index contributed by atoms with van der Waals surface area (Å²) in [5.74, 6) is -0.188. The van der Waals surface area contributed by atoms with Crippen molar-refractivity contribution in [3.05, 3.63) is 76.4 Å². The van der Waals surface area contributed by atoms with Crippen molar-refractivity contribution in [1.82, 2.24) is 20.2 Å². The molecule has 0 spiro atoms. The Bertz CT molecular complexity index is 1350. The summed E-state index contributed by atoms with van der Waals surface area (Å²) >= 11 is 6.47. The van der Waals surface area contributed by atoms with Crippen LogP contribution in [0.5, 0.6) is 0 Å². The van der Waals surface area contributed by atoms with E-state index < -0.39 is 11.8 Å². The van der Waals surface area contributed by atoms with E-state index in [0.29, 0.717) is 46.6 Å². The van der Waals surface area contributed by atoms with Gasteiger partial charge in [-0.05, 0) is 37.0 Å². The molecule has 1 saturated heterocycles. The Balaban J connectivity index is 1.42. The Hall–Kier alpha value is -3.53. The maximum absolute atomic E-state index is 13.6. The summed E-state index contributed by atoms with van der Waals surface area (Å²) in [5, 5.41) is 18.0. The van der Waals surface area contributed by atoms with Crippen molar-refractivity contribution in [2.24, 2.45) is 0 Å². The number of nitrogens with zero attached hydrogens (tertiary/aromatic N) is 3. The Morgan fingerprint density at radius 1 is 1.21 bits per heavy atom. The van der Waals surface area contributed by atoms with Crippen LogP contribution in [0.2, 0.25) is 5.02 Å². The van der Waals surface area contributed by atoms with Crippen LogP contribution in [-0.2, 0) is 21.6 Å². The summed E-state index contributed by atoms with van der Waals surface area (Å²) < 4.78 is 5.42. The van der Waals surface area contributed by atoms with Gasteiger partial charge in [0.25, 0.3) is 5.91 Å². The molecule has 198 valence electrons. The number of hydrogen-bond acceptors (Lipinski definition) is 7. The molecule has 5 rings (SSSR count). The topological polar surface area (TPSA) is 117 Å². The summed E-state index contributed by atoms with van der Waals surface area (Å²) in [5.41, 5.74) is 1.87. The van der Waals surface area contributed by atoms with Crippen LogP contribution >= 0.6 is 11.6 Å². The summed E-state index contributed by atoms with van der Waals surface area (Å²) in [6.45, 7) is 4.68. The van der Waals surface area contributed by atoms with E-state index in [9.17, 15) is 14.7 Å². The van der Waals surface area contributed by atoms with Gasteiger partial charge in [0.2, 0.25) is 11.9 Å². The number of aliphatic hydroxyl groups excluding tert-OH is 1. The monoisotopic (exact) mass is 535 g/mol. The van der Waals surface area contributed by atoms with Crippen molar-refractivity contribution in [2.75, 3.05) is 18.5 Å². The number of benzene rings is 2. The van der Waals surface area contributed by atoms with Gasteiger partial charge >= 0.3 is 0 Å². The van der Waals surface area contributed by atoms with Crippen molar-refractivity contribution in [3.63, 3.8) is 0 Å². The summed E-state index contributed by atoms with van der Waals surface area (Å²) in [7, 11) is 0. The van der Waals surface area contributed by atoms with Gasteiger partial charge in [-0.1, -0.05) is 54.1 Å². The van der Waals surface area contributed by atoms with Crippen LogP contribution < -0.4 is 10.6 Å². The maximum atomic E-state index is 13.6. The molecule has 3 heterocycles. The number of carbonyl (C=O) groups excluding carboxylic acids is 2. The van der Waals surface area contributed by atoms with E-state index in [1.54, 1.807) is 19.2 Å². The van der Waals surface area contributed by atoms with Gasteiger partial charge in [-0.15, -0.1) is 0 Å².